The third-order valence-corrected chi connectivity index (χ3v) is 15.2. The third kappa shape index (κ3) is 62.6. The number of rotatable bonds is 60. The van der Waals surface area contributed by atoms with Gasteiger partial charge in [0.1, 0.15) is 19.8 Å². The normalized spacial score (nSPS) is 13.7. The fourth-order valence-electron chi connectivity index (χ4n) is 9.24. The van der Waals surface area contributed by atoms with E-state index in [1.54, 1.807) is 0 Å². The second kappa shape index (κ2) is 59.1. The molecule has 0 heterocycles. The first kappa shape index (κ1) is 75.5. The molecule has 0 aliphatic carbocycles. The highest BCUT2D eigenvalue weighted by molar-refractivity contribution is 7.47. The Morgan fingerprint density at radius 1 is 0.410 bits per heavy atom. The number of esters is 2. The summed E-state index contributed by atoms with van der Waals surface area (Å²) in [5.41, 5.74) is 0. The lowest BCUT2D eigenvalue weighted by atomic mass is 10.0. The van der Waals surface area contributed by atoms with Crippen LogP contribution in [-0.4, -0.2) is 74.9 Å². The van der Waals surface area contributed by atoms with Gasteiger partial charge in [0.25, 0.3) is 0 Å². The van der Waals surface area contributed by atoms with Crippen LogP contribution in [0.15, 0.2) is 72.9 Å². The van der Waals surface area contributed by atoms with E-state index in [1.165, 1.54) is 212 Å². The van der Waals surface area contributed by atoms with E-state index in [4.69, 9.17) is 18.5 Å². The van der Waals surface area contributed by atoms with Crippen LogP contribution in [-0.2, 0) is 32.7 Å². The van der Waals surface area contributed by atoms with Gasteiger partial charge < -0.3 is 18.9 Å². The molecule has 0 aromatic heterocycles. The van der Waals surface area contributed by atoms with Gasteiger partial charge in [0.2, 0.25) is 0 Å². The van der Waals surface area contributed by atoms with Crippen molar-refractivity contribution in [3.63, 3.8) is 0 Å². The van der Waals surface area contributed by atoms with Gasteiger partial charge in [0, 0.05) is 12.8 Å². The molecule has 1 N–H and O–H groups in total. The van der Waals surface area contributed by atoms with Crippen LogP contribution < -0.4 is 0 Å². The Kier molecular flexibility index (Phi) is 57.2. The second-order valence-corrected chi connectivity index (χ2v) is 24.6. The molecular weight excluding hydrogens is 990 g/mol. The van der Waals surface area contributed by atoms with Crippen LogP contribution in [0, 0.1) is 0 Å². The van der Waals surface area contributed by atoms with Crippen molar-refractivity contribution in [1.82, 2.24) is 0 Å². The fourth-order valence-corrected chi connectivity index (χ4v) is 9.98. The molecule has 2 atom stereocenters. The number of ether oxygens (including phenoxy) is 2. The molecule has 0 amide bonds. The molecule has 10 heteroatoms. The lowest BCUT2D eigenvalue weighted by molar-refractivity contribution is -0.870. The number of hydrogen-bond donors (Lipinski definition) is 1. The molecule has 0 spiro atoms. The van der Waals surface area contributed by atoms with Gasteiger partial charge in [0.15, 0.2) is 6.10 Å². The zero-order chi connectivity index (χ0) is 57.0. The zero-order valence-electron chi connectivity index (χ0n) is 51.6. The Balaban J connectivity index is 3.84. The smallest absolute Gasteiger partial charge is 0.462 e. The first-order valence-electron chi connectivity index (χ1n) is 32.7. The first-order chi connectivity index (χ1) is 38.0. The molecule has 78 heavy (non-hydrogen) atoms. The number of nitrogens with zero attached hydrogens (tertiary/aromatic N) is 1. The van der Waals surface area contributed by atoms with Gasteiger partial charge in [-0.2, -0.15) is 0 Å². The molecule has 454 valence electrons. The largest absolute Gasteiger partial charge is 0.472 e. The Bertz CT molecular complexity index is 1550. The summed E-state index contributed by atoms with van der Waals surface area (Å²) >= 11 is 0. The average molecular weight is 1120 g/mol. The van der Waals surface area contributed by atoms with Gasteiger partial charge >= 0.3 is 19.8 Å². The summed E-state index contributed by atoms with van der Waals surface area (Å²) in [6.07, 6.45) is 79.2. The molecule has 0 aliphatic heterocycles. The minimum atomic E-state index is -4.40. The molecule has 0 radical (unpaired) electrons. The minimum absolute atomic E-state index is 0.0182. The van der Waals surface area contributed by atoms with Gasteiger partial charge in [-0.3, -0.25) is 18.6 Å². The number of carbonyl (C=O) groups excluding carboxylic acids is 2. The minimum Gasteiger partial charge on any atom is -0.462 e. The van der Waals surface area contributed by atoms with E-state index in [0.717, 1.165) is 51.4 Å². The van der Waals surface area contributed by atoms with E-state index >= 15 is 0 Å². The molecule has 0 aromatic carbocycles. The van der Waals surface area contributed by atoms with Crippen LogP contribution >= 0.6 is 7.82 Å². The monoisotopic (exact) mass is 1110 g/mol. The Morgan fingerprint density at radius 2 is 0.756 bits per heavy atom. The number of unbranched alkanes of at least 4 members (excludes halogenated alkanes) is 34. The van der Waals surface area contributed by atoms with Crippen LogP contribution in [0.4, 0.5) is 0 Å². The van der Waals surface area contributed by atoms with Gasteiger partial charge in [0.05, 0.1) is 27.7 Å². The highest BCUT2D eigenvalue weighted by Crippen LogP contribution is 2.43. The Morgan fingerprint density at radius 3 is 1.14 bits per heavy atom. The van der Waals surface area contributed by atoms with Crippen molar-refractivity contribution in [3.05, 3.63) is 72.9 Å². The van der Waals surface area contributed by atoms with Crippen molar-refractivity contribution in [2.75, 3.05) is 47.5 Å². The van der Waals surface area contributed by atoms with Crippen molar-refractivity contribution in [1.29, 1.82) is 0 Å². The maximum atomic E-state index is 12.7. The number of hydrogen-bond acceptors (Lipinski definition) is 7. The van der Waals surface area contributed by atoms with E-state index < -0.39 is 26.5 Å². The quantitative estimate of drug-likeness (QED) is 0.0211. The summed E-state index contributed by atoms with van der Waals surface area (Å²) in [4.78, 5) is 35.6. The van der Waals surface area contributed by atoms with Crippen molar-refractivity contribution in [2.45, 2.75) is 302 Å². The summed E-state index contributed by atoms with van der Waals surface area (Å²) in [7, 11) is 1.44. The van der Waals surface area contributed by atoms with Crippen molar-refractivity contribution < 1.29 is 42.1 Å². The lowest BCUT2D eigenvalue weighted by Crippen LogP contribution is -2.37. The summed E-state index contributed by atoms with van der Waals surface area (Å²) in [5.74, 6) is -0.885. The summed E-state index contributed by atoms with van der Waals surface area (Å²) < 4.78 is 34.4. The van der Waals surface area contributed by atoms with Crippen LogP contribution in [0.2, 0.25) is 0 Å². The second-order valence-electron chi connectivity index (χ2n) is 23.1. The summed E-state index contributed by atoms with van der Waals surface area (Å²) in [5, 5.41) is 0. The molecule has 2 unspecified atom stereocenters. The number of quaternary nitrogens is 1. The number of allylic oxidation sites excluding steroid dienone is 12. The number of phosphoric ester groups is 1. The third-order valence-electron chi connectivity index (χ3n) is 14.2. The van der Waals surface area contributed by atoms with Crippen LogP contribution in [0.5, 0.6) is 0 Å². The van der Waals surface area contributed by atoms with E-state index in [0.29, 0.717) is 17.4 Å². The van der Waals surface area contributed by atoms with E-state index in [1.807, 2.05) is 33.3 Å². The van der Waals surface area contributed by atoms with Crippen molar-refractivity contribution in [2.24, 2.45) is 0 Å². The fraction of sp³-hybridized carbons (Fsp3) is 0.794. The van der Waals surface area contributed by atoms with Crippen LogP contribution in [0.25, 0.3) is 0 Å². The average Bonchev–Trinajstić information content (AvgIpc) is 3.40. The van der Waals surface area contributed by atoms with Crippen molar-refractivity contribution in [3.8, 4) is 0 Å². The zero-order valence-corrected chi connectivity index (χ0v) is 52.5. The van der Waals surface area contributed by atoms with Crippen LogP contribution in [0.1, 0.15) is 296 Å². The molecular formula is C68H125NO8P+. The number of phosphoric acid groups is 1. The highest BCUT2D eigenvalue weighted by Gasteiger charge is 2.27. The van der Waals surface area contributed by atoms with Gasteiger partial charge in [-0.1, -0.05) is 286 Å². The summed E-state index contributed by atoms with van der Waals surface area (Å²) in [6, 6.07) is 0. The van der Waals surface area contributed by atoms with E-state index in [2.05, 4.69) is 74.6 Å². The molecule has 0 aliphatic rings. The van der Waals surface area contributed by atoms with Crippen molar-refractivity contribution >= 4 is 19.8 Å². The summed E-state index contributed by atoms with van der Waals surface area (Å²) in [6.45, 7) is 4.24. The van der Waals surface area contributed by atoms with E-state index in [9.17, 15) is 19.0 Å². The maximum Gasteiger partial charge on any atom is 0.472 e. The van der Waals surface area contributed by atoms with Gasteiger partial charge in [-0.05, 0) is 70.6 Å². The predicted molar refractivity (Wildman–Crippen MR) is 335 cm³/mol. The molecule has 0 fully saturated rings. The molecule has 0 bridgehead atoms. The molecule has 0 saturated carbocycles. The Labute approximate surface area is 482 Å². The number of carbonyl (C=O) groups is 2. The van der Waals surface area contributed by atoms with Crippen LogP contribution in [0.3, 0.4) is 0 Å². The Hall–Kier alpha value is -2.55. The molecule has 0 rings (SSSR count). The van der Waals surface area contributed by atoms with E-state index in [-0.39, 0.29) is 32.0 Å². The molecule has 9 nitrogen and oxygen atoms in total. The maximum absolute atomic E-state index is 12.7. The molecule has 0 aromatic rings. The van der Waals surface area contributed by atoms with Gasteiger partial charge in [-0.15, -0.1) is 0 Å². The standard InChI is InChI=1S/C68H124NO8P/c1-6-8-10-12-14-16-18-20-21-22-23-24-25-26-27-28-29-30-31-32-33-34-35-36-37-38-39-40-41-42-43-44-45-46-47-49-50-52-54-56-58-60-67(70)74-64-66(65-76-78(72,73)75-63-62-69(3,4)5)77-68(71)61-59-57-55-53-51-48-19-17-15-13-11-9-7-2/h9,11,15,17-18,20,22-23,48,51,55,57,66H,6-8,10,12-14,16,19,21,24-47,49-50,52-54,56,58-65H2,1-5H3/p+1/b11-9-,17-15-,20-18-,23-22-,51-48-,57-55-. The topological polar surface area (TPSA) is 108 Å². The highest BCUT2D eigenvalue weighted by atomic mass is 31.2. The van der Waals surface area contributed by atoms with Gasteiger partial charge in [-0.25, -0.2) is 4.57 Å². The predicted octanol–water partition coefficient (Wildman–Crippen LogP) is 20.8. The first-order valence-corrected chi connectivity index (χ1v) is 34.2. The molecule has 0 saturated heterocycles. The number of likely N-dealkylation sites (N-methyl/N-ethyl adjacent to an activating group) is 1. The lowest BCUT2D eigenvalue weighted by Gasteiger charge is -2.24. The SMILES string of the molecule is CC/C=C\C/C=C\C/C=C\C/C=C\CCC(=O)OC(COC(=O)CCCCCCCCCCCCCCCCCCCCCCCCCCCCCCC/C=C\C/C=C\CCCCCCC)COP(=O)(O)OCC[N+](C)(C)C.